The molecule has 2 N–H and O–H groups in total. The molecule has 0 aromatic carbocycles. The van der Waals surface area contributed by atoms with E-state index in [0.717, 1.165) is 13.1 Å². The molecule has 0 aromatic heterocycles. The number of piperazine rings is 1. The maximum absolute atomic E-state index is 12.1. The molecule has 0 aromatic rings. The number of hydrogen-bond acceptors (Lipinski definition) is 4. The van der Waals surface area contributed by atoms with E-state index in [1.165, 1.54) is 0 Å². The van der Waals surface area contributed by atoms with Crippen molar-refractivity contribution in [3.8, 4) is 0 Å². The molecule has 2 amide bonds. The van der Waals surface area contributed by atoms with Crippen molar-refractivity contribution >= 4 is 11.8 Å². The Morgan fingerprint density at radius 2 is 1.68 bits per heavy atom. The monoisotopic (exact) mass is 270 g/mol. The van der Waals surface area contributed by atoms with Gasteiger partial charge in [-0.25, -0.2) is 0 Å². The summed E-state index contributed by atoms with van der Waals surface area (Å²) in [5, 5.41) is 0. The molecule has 1 fully saturated rings. The molecule has 6 heteroatoms. The van der Waals surface area contributed by atoms with Gasteiger partial charge in [0.2, 0.25) is 11.8 Å². The van der Waals surface area contributed by atoms with Gasteiger partial charge in [-0.15, -0.1) is 0 Å². The highest BCUT2D eigenvalue weighted by Gasteiger charge is 2.27. The second-order valence-corrected chi connectivity index (χ2v) is 5.66. The fourth-order valence-electron chi connectivity index (χ4n) is 1.96. The number of likely N-dealkylation sites (N-methyl/N-ethyl adjacent to an activating group) is 1. The van der Waals surface area contributed by atoms with Crippen molar-refractivity contribution in [3.63, 3.8) is 0 Å². The third-order valence-electron chi connectivity index (χ3n) is 3.55. The Balaban J connectivity index is 2.41. The maximum Gasteiger partial charge on any atom is 0.239 e. The van der Waals surface area contributed by atoms with Gasteiger partial charge in [0.25, 0.3) is 0 Å². The molecule has 0 radical (unpaired) electrons. The summed E-state index contributed by atoms with van der Waals surface area (Å²) in [6.45, 7) is 7.10. The van der Waals surface area contributed by atoms with Crippen molar-refractivity contribution in [2.24, 2.45) is 11.7 Å². The minimum atomic E-state index is -0.421. The Hall–Kier alpha value is -1.14. The quantitative estimate of drug-likeness (QED) is 0.726. The normalized spacial score (nSPS) is 18.5. The lowest BCUT2D eigenvalue weighted by molar-refractivity contribution is -0.136. The molecule has 1 atom stereocenters. The Labute approximate surface area is 115 Å². The van der Waals surface area contributed by atoms with Crippen LogP contribution in [0.1, 0.15) is 13.8 Å². The van der Waals surface area contributed by atoms with E-state index in [1.54, 1.807) is 23.9 Å². The fraction of sp³-hybridized carbons (Fsp3) is 0.846. The predicted octanol–water partition coefficient (Wildman–Crippen LogP) is -0.798. The first-order chi connectivity index (χ1) is 8.82. The summed E-state index contributed by atoms with van der Waals surface area (Å²) in [6, 6.07) is -0.421. The highest BCUT2D eigenvalue weighted by atomic mass is 16.2. The molecule has 1 rings (SSSR count). The van der Waals surface area contributed by atoms with Crippen LogP contribution in [-0.2, 0) is 9.59 Å². The third kappa shape index (κ3) is 4.47. The summed E-state index contributed by atoms with van der Waals surface area (Å²) < 4.78 is 0. The van der Waals surface area contributed by atoms with E-state index >= 15 is 0 Å². The SMILES string of the molecule is CC(C)[C@H](N)C(=O)N1CCN(CC(=O)N(C)C)CC1. The molecule has 0 aliphatic carbocycles. The predicted molar refractivity (Wildman–Crippen MR) is 74.5 cm³/mol. The number of amides is 2. The highest BCUT2D eigenvalue weighted by molar-refractivity contribution is 5.82. The lowest BCUT2D eigenvalue weighted by atomic mass is 10.0. The van der Waals surface area contributed by atoms with E-state index in [0.29, 0.717) is 19.6 Å². The Morgan fingerprint density at radius 3 is 2.11 bits per heavy atom. The first kappa shape index (κ1) is 15.9. The second kappa shape index (κ2) is 6.86. The minimum Gasteiger partial charge on any atom is -0.348 e. The molecule has 1 saturated heterocycles. The van der Waals surface area contributed by atoms with Crippen LogP contribution in [0.5, 0.6) is 0 Å². The summed E-state index contributed by atoms with van der Waals surface area (Å²) >= 11 is 0. The van der Waals surface area contributed by atoms with Gasteiger partial charge in [-0.1, -0.05) is 13.8 Å². The van der Waals surface area contributed by atoms with Crippen molar-refractivity contribution in [3.05, 3.63) is 0 Å². The fourth-order valence-corrected chi connectivity index (χ4v) is 1.96. The number of nitrogens with zero attached hydrogens (tertiary/aromatic N) is 3. The van der Waals surface area contributed by atoms with Crippen molar-refractivity contribution in [1.82, 2.24) is 14.7 Å². The van der Waals surface area contributed by atoms with Gasteiger partial charge in [0, 0.05) is 40.3 Å². The van der Waals surface area contributed by atoms with Gasteiger partial charge in [-0.3, -0.25) is 14.5 Å². The van der Waals surface area contributed by atoms with Crippen LogP contribution in [0.4, 0.5) is 0 Å². The average molecular weight is 270 g/mol. The number of rotatable bonds is 4. The summed E-state index contributed by atoms with van der Waals surface area (Å²) in [5.41, 5.74) is 5.88. The number of hydrogen-bond donors (Lipinski definition) is 1. The molecule has 19 heavy (non-hydrogen) atoms. The molecule has 6 nitrogen and oxygen atoms in total. The molecule has 0 unspecified atom stereocenters. The van der Waals surface area contributed by atoms with Crippen LogP contribution in [0.25, 0.3) is 0 Å². The van der Waals surface area contributed by atoms with Gasteiger partial charge in [0.05, 0.1) is 12.6 Å². The van der Waals surface area contributed by atoms with E-state index in [4.69, 9.17) is 5.73 Å². The zero-order valence-electron chi connectivity index (χ0n) is 12.4. The van der Waals surface area contributed by atoms with E-state index in [1.807, 2.05) is 13.8 Å². The molecular formula is C13H26N4O2. The molecule has 0 spiro atoms. The smallest absolute Gasteiger partial charge is 0.239 e. The lowest BCUT2D eigenvalue weighted by Crippen LogP contribution is -2.55. The summed E-state index contributed by atoms with van der Waals surface area (Å²) in [5.74, 6) is 0.271. The number of carbonyl (C=O) groups is 2. The molecule has 1 heterocycles. The first-order valence-electron chi connectivity index (χ1n) is 6.79. The molecule has 1 aliphatic rings. The molecule has 0 saturated carbocycles. The van der Waals surface area contributed by atoms with Gasteiger partial charge in [-0.2, -0.15) is 0 Å². The van der Waals surface area contributed by atoms with Gasteiger partial charge in [0.1, 0.15) is 0 Å². The van der Waals surface area contributed by atoms with E-state index in [9.17, 15) is 9.59 Å². The van der Waals surface area contributed by atoms with Crippen LogP contribution in [0.2, 0.25) is 0 Å². The van der Waals surface area contributed by atoms with Gasteiger partial charge in [0.15, 0.2) is 0 Å². The van der Waals surface area contributed by atoms with Gasteiger partial charge >= 0.3 is 0 Å². The van der Waals surface area contributed by atoms with Crippen molar-refractivity contribution in [2.45, 2.75) is 19.9 Å². The zero-order valence-corrected chi connectivity index (χ0v) is 12.4. The Morgan fingerprint density at radius 1 is 1.16 bits per heavy atom. The molecule has 0 bridgehead atoms. The summed E-state index contributed by atoms with van der Waals surface area (Å²) in [7, 11) is 3.51. The van der Waals surface area contributed by atoms with Crippen LogP contribution >= 0.6 is 0 Å². The van der Waals surface area contributed by atoms with E-state index in [2.05, 4.69) is 4.90 Å². The van der Waals surface area contributed by atoms with Crippen molar-refractivity contribution in [1.29, 1.82) is 0 Å². The zero-order chi connectivity index (χ0) is 14.6. The Kier molecular flexibility index (Phi) is 5.75. The molecular weight excluding hydrogens is 244 g/mol. The first-order valence-corrected chi connectivity index (χ1v) is 6.79. The van der Waals surface area contributed by atoms with Crippen LogP contribution in [-0.4, -0.2) is 79.4 Å². The minimum absolute atomic E-state index is 0.0218. The van der Waals surface area contributed by atoms with Crippen LogP contribution < -0.4 is 5.73 Å². The summed E-state index contributed by atoms with van der Waals surface area (Å²) in [6.07, 6.45) is 0. The van der Waals surface area contributed by atoms with E-state index in [-0.39, 0.29) is 17.7 Å². The Bertz CT molecular complexity index is 323. The van der Waals surface area contributed by atoms with Crippen LogP contribution in [0, 0.1) is 5.92 Å². The highest BCUT2D eigenvalue weighted by Crippen LogP contribution is 2.07. The van der Waals surface area contributed by atoms with Crippen molar-refractivity contribution in [2.75, 3.05) is 46.8 Å². The number of nitrogens with two attached hydrogens (primary N) is 1. The van der Waals surface area contributed by atoms with E-state index < -0.39 is 6.04 Å². The van der Waals surface area contributed by atoms with Crippen LogP contribution in [0.15, 0.2) is 0 Å². The van der Waals surface area contributed by atoms with Crippen molar-refractivity contribution < 1.29 is 9.59 Å². The standard InChI is InChI=1S/C13H26N4O2/c1-10(2)12(14)13(19)17-7-5-16(6-8-17)9-11(18)15(3)4/h10,12H,5-9,14H2,1-4H3/t12-/m0/s1. The largest absolute Gasteiger partial charge is 0.348 e. The van der Waals surface area contributed by atoms with Gasteiger partial charge < -0.3 is 15.5 Å². The molecule has 110 valence electrons. The topological polar surface area (TPSA) is 69.9 Å². The van der Waals surface area contributed by atoms with Gasteiger partial charge in [-0.05, 0) is 5.92 Å². The number of carbonyl (C=O) groups excluding carboxylic acids is 2. The third-order valence-corrected chi connectivity index (χ3v) is 3.55. The lowest BCUT2D eigenvalue weighted by Gasteiger charge is -2.36. The van der Waals surface area contributed by atoms with Crippen LogP contribution in [0.3, 0.4) is 0 Å². The maximum atomic E-state index is 12.1. The second-order valence-electron chi connectivity index (χ2n) is 5.66. The average Bonchev–Trinajstić information content (AvgIpc) is 2.37. The molecule has 1 aliphatic heterocycles. The summed E-state index contributed by atoms with van der Waals surface area (Å²) in [4.78, 5) is 29.2.